The van der Waals surface area contributed by atoms with Gasteiger partial charge in [0, 0.05) is 38.9 Å². The van der Waals surface area contributed by atoms with Crippen LogP contribution in [-0.4, -0.2) is 12.1 Å². The van der Waals surface area contributed by atoms with Crippen molar-refractivity contribution in [2.24, 2.45) is 0 Å². The van der Waals surface area contributed by atoms with Gasteiger partial charge < -0.3 is 9.64 Å². The van der Waals surface area contributed by atoms with Crippen LogP contribution in [0.25, 0.3) is 54.9 Å². The highest BCUT2D eigenvalue weighted by Gasteiger charge is 2.33. The van der Waals surface area contributed by atoms with Gasteiger partial charge in [-0.25, -0.2) is 0 Å². The van der Waals surface area contributed by atoms with Crippen LogP contribution in [0.5, 0.6) is 5.75 Å². The fourth-order valence-electron chi connectivity index (χ4n) is 10.4. The lowest BCUT2D eigenvalue weighted by atomic mass is 9.85. The summed E-state index contributed by atoms with van der Waals surface area (Å²) in [4.78, 5) is 2.67. The van der Waals surface area contributed by atoms with Gasteiger partial charge in [-0.05, 0) is 105 Å². The Hall–Kier alpha value is -6.68. The third-order valence-corrected chi connectivity index (χ3v) is 14.7. The summed E-state index contributed by atoms with van der Waals surface area (Å²) >= 11 is 1.97. The first kappa shape index (κ1) is 36.2. The molecule has 0 saturated carbocycles. The van der Waals surface area contributed by atoms with Gasteiger partial charge in [-0.2, -0.15) is 0 Å². The number of para-hydroxylation sites is 1. The van der Waals surface area contributed by atoms with Crippen molar-refractivity contribution in [1.82, 2.24) is 0 Å². The van der Waals surface area contributed by atoms with Crippen LogP contribution < -0.4 is 19.4 Å². The topological polar surface area (TPSA) is 12.5 Å². The van der Waals surface area contributed by atoms with E-state index in [0.717, 1.165) is 31.4 Å². The first-order chi connectivity index (χ1) is 30.2. The van der Waals surface area contributed by atoms with E-state index >= 15 is 0 Å². The van der Waals surface area contributed by atoms with Gasteiger partial charge in [0.25, 0.3) is 0 Å². The number of fused-ring (bicyclic) bond motifs is 7. The van der Waals surface area contributed by atoms with Crippen LogP contribution >= 0.6 is 11.3 Å². The summed E-state index contributed by atoms with van der Waals surface area (Å²) in [5, 5.41) is 5.43. The number of anilines is 1. The van der Waals surface area contributed by atoms with Crippen LogP contribution in [0.1, 0.15) is 59.8 Å². The molecule has 4 atom stereocenters. The number of hydrogen-bond acceptors (Lipinski definition) is 3. The zero-order valence-corrected chi connectivity index (χ0v) is 34.8. The molecule has 0 saturated heterocycles. The van der Waals surface area contributed by atoms with Crippen molar-refractivity contribution in [2.45, 2.75) is 49.7 Å². The normalized spacial score (nSPS) is 21.0. The van der Waals surface area contributed by atoms with Gasteiger partial charge >= 0.3 is 0 Å². The standard InChI is InChI=1S/C58H45NOS/c1-3-13-39(14-4-1)45-35-36-46(49-18-8-7-17-48(45)49)41-27-32-44(33-28-41)59(43-30-25-38(26-31-43)42-29-34-51-50-19-9-10-24-55(50)60-56(51)37-42)54-23-12-22-53-52-21-11-20-47(57(52)61-58(53)54)40-15-5-2-6-16-40/h1-11,13,15-22,24-32,34-37,39,44,51,56H,12,14,23,33H2. The Labute approximate surface area is 361 Å². The van der Waals surface area contributed by atoms with E-state index in [2.05, 4.69) is 205 Å². The number of thiophene rings is 1. The molecule has 4 unspecified atom stereocenters. The number of allylic oxidation sites excluding steroid dienone is 8. The van der Waals surface area contributed by atoms with Gasteiger partial charge in [-0.1, -0.05) is 176 Å². The van der Waals surface area contributed by atoms with Crippen molar-refractivity contribution in [2.75, 3.05) is 4.90 Å². The van der Waals surface area contributed by atoms with E-state index in [1.54, 1.807) is 0 Å². The summed E-state index contributed by atoms with van der Waals surface area (Å²) in [6.45, 7) is 0. The Bertz CT molecular complexity index is 3190. The predicted molar refractivity (Wildman–Crippen MR) is 258 cm³/mol. The molecular formula is C58H45NOS. The van der Waals surface area contributed by atoms with Gasteiger partial charge in [0.1, 0.15) is 11.9 Å². The molecule has 61 heavy (non-hydrogen) atoms. The molecule has 5 aliphatic rings. The zero-order chi connectivity index (χ0) is 40.3. The molecule has 0 amide bonds. The predicted octanol–water partition coefficient (Wildman–Crippen LogP) is 13.4. The molecular weight excluding hydrogens is 759 g/mol. The molecule has 0 spiro atoms. The van der Waals surface area contributed by atoms with Gasteiger partial charge in [0.15, 0.2) is 0 Å². The highest BCUT2D eigenvalue weighted by Crippen LogP contribution is 2.44. The lowest BCUT2D eigenvalue weighted by molar-refractivity contribution is 0.269. The molecule has 0 N–H and O–H groups in total. The maximum Gasteiger partial charge on any atom is 0.128 e. The Balaban J connectivity index is 0.938. The van der Waals surface area contributed by atoms with E-state index in [-0.39, 0.29) is 18.1 Å². The first-order valence-corrected chi connectivity index (χ1v) is 22.7. The molecule has 4 aliphatic carbocycles. The molecule has 2 heterocycles. The minimum Gasteiger partial charge on any atom is -0.485 e. The number of rotatable bonds is 7. The highest BCUT2D eigenvalue weighted by molar-refractivity contribution is 7.17. The summed E-state index contributed by atoms with van der Waals surface area (Å²) in [6, 6.07) is 49.4. The monoisotopic (exact) mass is 803 g/mol. The van der Waals surface area contributed by atoms with E-state index in [1.807, 2.05) is 11.3 Å². The summed E-state index contributed by atoms with van der Waals surface area (Å²) in [7, 11) is 0. The van der Waals surface area contributed by atoms with E-state index in [1.165, 1.54) is 86.5 Å². The molecule has 6 aromatic carbocycles. The lowest BCUT2D eigenvalue weighted by Crippen LogP contribution is -2.39. The van der Waals surface area contributed by atoms with E-state index in [4.69, 9.17) is 4.74 Å². The molecule has 12 rings (SSSR count). The summed E-state index contributed by atoms with van der Waals surface area (Å²) < 4.78 is 9.18. The van der Waals surface area contributed by atoms with Crippen LogP contribution in [0, 0.1) is 0 Å². The van der Waals surface area contributed by atoms with Crippen molar-refractivity contribution in [3.05, 3.63) is 226 Å². The third-order valence-electron chi connectivity index (χ3n) is 13.4. The minimum absolute atomic E-state index is 0.0257. The zero-order valence-electron chi connectivity index (χ0n) is 34.0. The smallest absolute Gasteiger partial charge is 0.128 e. The maximum absolute atomic E-state index is 6.42. The minimum atomic E-state index is 0.0257. The van der Waals surface area contributed by atoms with Crippen LogP contribution in [0.15, 0.2) is 194 Å². The van der Waals surface area contributed by atoms with Crippen molar-refractivity contribution in [3.63, 3.8) is 0 Å². The average Bonchev–Trinajstić information content (AvgIpc) is 3.91. The molecule has 294 valence electrons. The van der Waals surface area contributed by atoms with Crippen molar-refractivity contribution in [3.8, 4) is 16.9 Å². The molecule has 1 aliphatic heterocycles. The van der Waals surface area contributed by atoms with Crippen LogP contribution in [0.2, 0.25) is 0 Å². The van der Waals surface area contributed by atoms with Crippen molar-refractivity contribution >= 4 is 60.8 Å². The van der Waals surface area contributed by atoms with Crippen molar-refractivity contribution in [1.29, 1.82) is 0 Å². The number of ether oxygens (including phenoxy) is 1. The van der Waals surface area contributed by atoms with Gasteiger partial charge in [0.05, 0.1) is 10.6 Å². The fraction of sp³-hybridized carbons (Fsp3) is 0.138. The van der Waals surface area contributed by atoms with Crippen LogP contribution in [0.3, 0.4) is 0 Å². The van der Waals surface area contributed by atoms with Gasteiger partial charge in [0.2, 0.25) is 0 Å². The summed E-state index contributed by atoms with van der Waals surface area (Å²) in [6.07, 6.45) is 29.7. The summed E-state index contributed by atoms with van der Waals surface area (Å²) in [5.74, 6) is 1.68. The number of hydrogen-bond donors (Lipinski definition) is 0. The molecule has 1 aromatic heterocycles. The third kappa shape index (κ3) is 6.30. The Morgan fingerprint density at radius 1 is 0.590 bits per heavy atom. The molecule has 0 fully saturated rings. The number of nitrogens with zero attached hydrogens (tertiary/aromatic N) is 1. The second-order valence-corrected chi connectivity index (χ2v) is 17.9. The first-order valence-electron chi connectivity index (χ1n) is 21.8. The van der Waals surface area contributed by atoms with E-state index in [9.17, 15) is 0 Å². The van der Waals surface area contributed by atoms with E-state index < -0.39 is 0 Å². The second kappa shape index (κ2) is 15.1. The highest BCUT2D eigenvalue weighted by atomic mass is 32.1. The lowest BCUT2D eigenvalue weighted by Gasteiger charge is -2.36. The van der Waals surface area contributed by atoms with Crippen LogP contribution in [0.4, 0.5) is 5.69 Å². The Kier molecular flexibility index (Phi) is 8.96. The van der Waals surface area contributed by atoms with Crippen molar-refractivity contribution < 1.29 is 4.74 Å². The van der Waals surface area contributed by atoms with E-state index in [0.29, 0.717) is 5.92 Å². The largest absolute Gasteiger partial charge is 0.485 e. The summed E-state index contributed by atoms with van der Waals surface area (Å²) in [5.41, 5.74) is 13.0. The van der Waals surface area contributed by atoms with Gasteiger partial charge in [-0.15, -0.1) is 11.3 Å². The second-order valence-electron chi connectivity index (χ2n) is 16.9. The molecule has 0 bridgehead atoms. The molecule has 3 heteroatoms. The average molecular weight is 804 g/mol. The van der Waals surface area contributed by atoms with Gasteiger partial charge in [-0.3, -0.25) is 0 Å². The molecule has 2 nitrogen and oxygen atoms in total. The van der Waals surface area contributed by atoms with Crippen LogP contribution in [-0.2, 0) is 0 Å². The maximum atomic E-state index is 6.42. The SMILES string of the molecule is C1=CCC(c2ccc(C3=CCC(N(C4=c5sc6c(-c7ccccc7)cccc6c5=CCC4)c4ccc(C5=CC6Oc7ccccc7C6C=C5)cc4)C=C3)c3ccccc23)C=C1. The Morgan fingerprint density at radius 2 is 1.41 bits per heavy atom. The number of benzene rings is 6. The molecule has 7 aromatic rings. The Morgan fingerprint density at radius 3 is 2.26 bits per heavy atom. The quantitative estimate of drug-likeness (QED) is 0.159. The fourth-order valence-corrected chi connectivity index (χ4v) is 11.8. The molecule has 0 radical (unpaired) electrons.